The molecule has 8 heteroatoms. The third-order valence-corrected chi connectivity index (χ3v) is 5.65. The normalized spacial score (nSPS) is 15.1. The number of hydrogen-bond acceptors (Lipinski definition) is 6. The van der Waals surface area contributed by atoms with Crippen LogP contribution in [0.4, 0.5) is 0 Å². The zero-order valence-corrected chi connectivity index (χ0v) is 17.5. The highest BCUT2D eigenvalue weighted by Crippen LogP contribution is 2.46. The van der Waals surface area contributed by atoms with Crippen LogP contribution in [0.3, 0.4) is 0 Å². The number of aromatic amines is 1. The fourth-order valence-corrected chi connectivity index (χ4v) is 4.18. The predicted octanol–water partition coefficient (Wildman–Crippen LogP) is 4.14. The quantitative estimate of drug-likeness (QED) is 0.476. The Morgan fingerprint density at radius 1 is 1.09 bits per heavy atom. The number of phenols is 1. The lowest BCUT2D eigenvalue weighted by Gasteiger charge is -2.26. The number of ether oxygens (including phenoxy) is 2. The third-order valence-electron chi connectivity index (χ3n) is 5.65. The highest BCUT2D eigenvalue weighted by atomic mass is 16.5. The first-order chi connectivity index (χ1) is 15.6. The van der Waals surface area contributed by atoms with Gasteiger partial charge in [-0.2, -0.15) is 5.10 Å². The molecule has 0 spiro atoms. The lowest BCUT2D eigenvalue weighted by Crippen LogP contribution is -2.29. The van der Waals surface area contributed by atoms with E-state index in [2.05, 4.69) is 10.2 Å². The van der Waals surface area contributed by atoms with Gasteiger partial charge in [-0.3, -0.25) is 9.89 Å². The largest absolute Gasteiger partial charge is 0.507 e. The van der Waals surface area contributed by atoms with Gasteiger partial charge in [0, 0.05) is 11.1 Å². The average Bonchev–Trinajstić information content (AvgIpc) is 3.53. The zero-order chi connectivity index (χ0) is 22.2. The summed E-state index contributed by atoms with van der Waals surface area (Å²) in [7, 11) is 3.14. The number of carbonyl (C=O) groups excluding carboxylic acids is 1. The van der Waals surface area contributed by atoms with E-state index in [1.807, 2.05) is 24.3 Å². The maximum Gasteiger partial charge on any atom is 0.273 e. The van der Waals surface area contributed by atoms with Gasteiger partial charge in [-0.05, 0) is 42.0 Å². The molecule has 0 fully saturated rings. The fourth-order valence-electron chi connectivity index (χ4n) is 4.18. The van der Waals surface area contributed by atoms with Crippen molar-refractivity contribution in [3.8, 4) is 28.5 Å². The topological polar surface area (TPSA) is 101 Å². The molecule has 4 aromatic rings. The first-order valence-electron chi connectivity index (χ1n) is 10.0. The summed E-state index contributed by atoms with van der Waals surface area (Å²) < 4.78 is 16.4. The van der Waals surface area contributed by atoms with E-state index >= 15 is 0 Å². The summed E-state index contributed by atoms with van der Waals surface area (Å²) in [5.74, 6) is 1.68. The monoisotopic (exact) mass is 431 g/mol. The lowest BCUT2D eigenvalue weighted by atomic mass is 9.95. The van der Waals surface area contributed by atoms with Gasteiger partial charge in [-0.15, -0.1) is 0 Å². The van der Waals surface area contributed by atoms with Crippen molar-refractivity contribution in [2.24, 2.45) is 0 Å². The first-order valence-corrected chi connectivity index (χ1v) is 10.0. The number of para-hydroxylation sites is 1. The molecule has 0 saturated carbocycles. The Bertz CT molecular complexity index is 1280. The standard InChI is InChI=1S/C24H21N3O5/c1-30-18-10-9-14(12-19(18)31-2)23-20-21(16-7-3-4-8-17(16)28)25-26-22(20)24(29)27(23)13-15-6-5-11-32-15/h3-12,23,28H,13H2,1-2H3,(H,25,26)/t23-/m1/s1. The number of aromatic hydroxyl groups is 1. The van der Waals surface area contributed by atoms with Gasteiger partial charge >= 0.3 is 0 Å². The molecule has 0 aliphatic carbocycles. The molecule has 3 heterocycles. The van der Waals surface area contributed by atoms with Crippen molar-refractivity contribution in [3.05, 3.63) is 83.4 Å². The van der Waals surface area contributed by atoms with E-state index in [9.17, 15) is 9.90 Å². The van der Waals surface area contributed by atoms with E-state index in [1.54, 1.807) is 55.7 Å². The molecule has 1 amide bonds. The van der Waals surface area contributed by atoms with Gasteiger partial charge in [-0.25, -0.2) is 0 Å². The number of aromatic nitrogens is 2. The molecule has 162 valence electrons. The molecule has 32 heavy (non-hydrogen) atoms. The SMILES string of the molecule is COc1ccc([C@@H]2c3c(-c4ccccc4O)n[nH]c3C(=O)N2Cc2ccco2)cc1OC. The number of hydrogen-bond donors (Lipinski definition) is 2. The van der Waals surface area contributed by atoms with E-state index in [1.165, 1.54) is 0 Å². The minimum Gasteiger partial charge on any atom is -0.507 e. The minimum absolute atomic E-state index is 0.0878. The number of H-pyrrole nitrogens is 1. The van der Waals surface area contributed by atoms with Crippen LogP contribution in [0.25, 0.3) is 11.3 Å². The Balaban J connectivity index is 1.69. The minimum atomic E-state index is -0.476. The molecule has 0 radical (unpaired) electrons. The third kappa shape index (κ3) is 3.08. The first kappa shape index (κ1) is 19.7. The van der Waals surface area contributed by atoms with Crippen molar-refractivity contribution in [2.45, 2.75) is 12.6 Å². The summed E-state index contributed by atoms with van der Waals surface area (Å²) >= 11 is 0. The maximum absolute atomic E-state index is 13.4. The van der Waals surface area contributed by atoms with E-state index in [0.717, 1.165) is 5.56 Å². The van der Waals surface area contributed by atoms with Crippen molar-refractivity contribution in [2.75, 3.05) is 14.2 Å². The molecule has 2 aromatic heterocycles. The van der Waals surface area contributed by atoms with Crippen molar-refractivity contribution >= 4 is 5.91 Å². The Kier molecular flexibility index (Phi) is 4.82. The second-order valence-electron chi connectivity index (χ2n) is 7.41. The molecule has 1 aliphatic rings. The van der Waals surface area contributed by atoms with Crippen molar-refractivity contribution in [3.63, 3.8) is 0 Å². The van der Waals surface area contributed by atoms with Crippen LogP contribution in [0.5, 0.6) is 17.2 Å². The summed E-state index contributed by atoms with van der Waals surface area (Å²) in [6.45, 7) is 0.271. The van der Waals surface area contributed by atoms with Crippen LogP contribution in [0, 0.1) is 0 Å². The maximum atomic E-state index is 13.4. The van der Waals surface area contributed by atoms with E-state index < -0.39 is 6.04 Å². The van der Waals surface area contributed by atoms with Crippen LogP contribution < -0.4 is 9.47 Å². The molecule has 8 nitrogen and oxygen atoms in total. The van der Waals surface area contributed by atoms with Gasteiger partial charge in [0.1, 0.15) is 22.9 Å². The number of methoxy groups -OCH3 is 2. The van der Waals surface area contributed by atoms with Crippen LogP contribution in [0.1, 0.15) is 33.4 Å². The molecule has 0 bridgehead atoms. The molecule has 2 aromatic carbocycles. The number of benzene rings is 2. The van der Waals surface area contributed by atoms with Gasteiger partial charge in [0.05, 0.1) is 33.1 Å². The van der Waals surface area contributed by atoms with E-state index in [-0.39, 0.29) is 18.2 Å². The van der Waals surface area contributed by atoms with Gasteiger partial charge in [-0.1, -0.05) is 18.2 Å². The Labute approximate surface area is 184 Å². The van der Waals surface area contributed by atoms with Gasteiger partial charge in [0.15, 0.2) is 11.5 Å². The summed E-state index contributed by atoms with van der Waals surface area (Å²) in [5.41, 5.74) is 2.96. The highest BCUT2D eigenvalue weighted by Gasteiger charge is 2.43. The molecular weight excluding hydrogens is 410 g/mol. The van der Waals surface area contributed by atoms with Gasteiger partial charge in [0.2, 0.25) is 0 Å². The Hall–Kier alpha value is -4.20. The number of fused-ring (bicyclic) bond motifs is 1. The van der Waals surface area contributed by atoms with Crippen molar-refractivity contribution < 1.29 is 23.8 Å². The van der Waals surface area contributed by atoms with E-state index in [4.69, 9.17) is 13.9 Å². The molecule has 1 aliphatic heterocycles. The molecule has 0 saturated heterocycles. The second kappa shape index (κ2) is 7.81. The van der Waals surface area contributed by atoms with Crippen LogP contribution in [0.2, 0.25) is 0 Å². The zero-order valence-electron chi connectivity index (χ0n) is 17.5. The molecule has 2 N–H and O–H groups in total. The van der Waals surface area contributed by atoms with Crippen LogP contribution in [-0.2, 0) is 6.54 Å². The molecular formula is C24H21N3O5. The number of phenolic OH excluding ortho intramolecular Hbond substituents is 1. The van der Waals surface area contributed by atoms with E-state index in [0.29, 0.717) is 39.8 Å². The van der Waals surface area contributed by atoms with Crippen LogP contribution in [0.15, 0.2) is 65.3 Å². The molecule has 1 atom stereocenters. The number of furan rings is 1. The number of carbonyl (C=O) groups is 1. The summed E-state index contributed by atoms with van der Waals surface area (Å²) in [6, 6.07) is 15.6. The summed E-state index contributed by atoms with van der Waals surface area (Å²) in [5, 5.41) is 17.7. The number of nitrogens with one attached hydrogen (secondary N) is 1. The fraction of sp³-hybridized carbons (Fsp3) is 0.167. The van der Waals surface area contributed by atoms with Crippen LogP contribution in [-0.4, -0.2) is 40.3 Å². The Morgan fingerprint density at radius 3 is 2.62 bits per heavy atom. The average molecular weight is 431 g/mol. The smallest absolute Gasteiger partial charge is 0.273 e. The van der Waals surface area contributed by atoms with Crippen molar-refractivity contribution in [1.82, 2.24) is 15.1 Å². The van der Waals surface area contributed by atoms with Gasteiger partial charge < -0.3 is 23.9 Å². The number of amides is 1. The molecule has 5 rings (SSSR count). The second-order valence-corrected chi connectivity index (χ2v) is 7.41. The number of rotatable bonds is 6. The van der Waals surface area contributed by atoms with Crippen LogP contribution >= 0.6 is 0 Å². The summed E-state index contributed by atoms with van der Waals surface area (Å²) in [6.07, 6.45) is 1.58. The summed E-state index contributed by atoms with van der Waals surface area (Å²) in [4.78, 5) is 15.1. The highest BCUT2D eigenvalue weighted by molar-refractivity contribution is 6.00. The Morgan fingerprint density at radius 2 is 1.91 bits per heavy atom. The molecule has 0 unspecified atom stereocenters. The van der Waals surface area contributed by atoms with Gasteiger partial charge in [0.25, 0.3) is 5.91 Å². The lowest BCUT2D eigenvalue weighted by molar-refractivity contribution is 0.0717. The predicted molar refractivity (Wildman–Crippen MR) is 116 cm³/mol. The number of nitrogens with zero attached hydrogens (tertiary/aromatic N) is 2. The van der Waals surface area contributed by atoms with Crippen molar-refractivity contribution in [1.29, 1.82) is 0 Å².